The lowest BCUT2D eigenvalue weighted by molar-refractivity contribution is -0.122. The Morgan fingerprint density at radius 1 is 1.14 bits per heavy atom. The van der Waals surface area contributed by atoms with E-state index in [1.165, 1.54) is 19.2 Å². The quantitative estimate of drug-likeness (QED) is 0.800. The normalized spacial score (nSPS) is 15.6. The number of benzene rings is 2. The second-order valence-electron chi connectivity index (χ2n) is 6.84. The molecule has 0 spiro atoms. The molecule has 1 amide bonds. The van der Waals surface area contributed by atoms with Crippen LogP contribution in [0.3, 0.4) is 0 Å². The molecule has 1 N–H and O–H groups in total. The summed E-state index contributed by atoms with van der Waals surface area (Å²) in [7, 11) is -2.36. The monoisotopic (exact) mass is 418 g/mol. The van der Waals surface area contributed by atoms with E-state index in [2.05, 4.69) is 4.72 Å². The zero-order valence-corrected chi connectivity index (χ0v) is 16.8. The van der Waals surface area contributed by atoms with Crippen LogP contribution < -0.4 is 19.1 Å². The summed E-state index contributed by atoms with van der Waals surface area (Å²) in [4.78, 5) is 14.1. The lowest BCUT2D eigenvalue weighted by Gasteiger charge is -2.30. The van der Waals surface area contributed by atoms with Gasteiger partial charge in [-0.15, -0.1) is 0 Å². The Bertz CT molecular complexity index is 1040. The standard InChI is InChI=1S/C20H22N2O6S/c1-26-13-20(23)22-8-2-3-14-4-5-15(11-17(14)22)21-29(24,25)16-6-7-18-19(12-16)28-10-9-27-18/h4-7,11-12,21H,2-3,8-10,13H2,1H3. The molecule has 8 nitrogen and oxygen atoms in total. The van der Waals surface area contributed by atoms with E-state index in [0.717, 1.165) is 18.4 Å². The summed E-state index contributed by atoms with van der Waals surface area (Å²) in [5, 5.41) is 0. The van der Waals surface area contributed by atoms with Crippen molar-refractivity contribution in [2.45, 2.75) is 17.7 Å². The van der Waals surface area contributed by atoms with E-state index in [4.69, 9.17) is 14.2 Å². The number of methoxy groups -OCH3 is 1. The van der Waals surface area contributed by atoms with Crippen molar-refractivity contribution in [1.29, 1.82) is 0 Å². The first-order valence-electron chi connectivity index (χ1n) is 9.32. The summed E-state index contributed by atoms with van der Waals surface area (Å²) in [5.74, 6) is 0.775. The summed E-state index contributed by atoms with van der Waals surface area (Å²) in [6, 6.07) is 9.76. The number of fused-ring (bicyclic) bond motifs is 2. The number of rotatable bonds is 5. The van der Waals surface area contributed by atoms with Gasteiger partial charge in [0, 0.05) is 25.4 Å². The van der Waals surface area contributed by atoms with Crippen LogP contribution in [0.2, 0.25) is 0 Å². The van der Waals surface area contributed by atoms with Gasteiger partial charge in [-0.2, -0.15) is 0 Å². The topological polar surface area (TPSA) is 94.2 Å². The molecule has 29 heavy (non-hydrogen) atoms. The van der Waals surface area contributed by atoms with Crippen LogP contribution in [-0.2, 0) is 26.0 Å². The molecule has 0 fully saturated rings. The second-order valence-corrected chi connectivity index (χ2v) is 8.52. The molecule has 2 aromatic rings. The Balaban J connectivity index is 1.61. The van der Waals surface area contributed by atoms with Gasteiger partial charge in [-0.05, 0) is 42.7 Å². The van der Waals surface area contributed by atoms with Crippen molar-refractivity contribution in [3.05, 3.63) is 42.0 Å². The molecular formula is C20H22N2O6S. The lowest BCUT2D eigenvalue weighted by Crippen LogP contribution is -2.37. The summed E-state index contributed by atoms with van der Waals surface area (Å²) in [6.45, 7) is 1.37. The Kier molecular flexibility index (Phi) is 5.33. The van der Waals surface area contributed by atoms with E-state index in [9.17, 15) is 13.2 Å². The molecule has 2 aliphatic heterocycles. The van der Waals surface area contributed by atoms with Gasteiger partial charge in [-0.3, -0.25) is 9.52 Å². The lowest BCUT2D eigenvalue weighted by atomic mass is 10.0. The third-order valence-electron chi connectivity index (χ3n) is 4.85. The molecule has 0 unspecified atom stereocenters. The van der Waals surface area contributed by atoms with Gasteiger partial charge in [0.15, 0.2) is 11.5 Å². The minimum Gasteiger partial charge on any atom is -0.486 e. The number of carbonyl (C=O) groups excluding carboxylic acids is 1. The fourth-order valence-corrected chi connectivity index (χ4v) is 4.57. The molecule has 9 heteroatoms. The smallest absolute Gasteiger partial charge is 0.262 e. The SMILES string of the molecule is COCC(=O)N1CCCc2ccc(NS(=O)(=O)c3ccc4c(c3)OCCO4)cc21. The average Bonchev–Trinajstić information content (AvgIpc) is 2.72. The molecule has 154 valence electrons. The van der Waals surface area contributed by atoms with Crippen LogP contribution in [0.25, 0.3) is 0 Å². The van der Waals surface area contributed by atoms with Gasteiger partial charge < -0.3 is 19.1 Å². The second kappa shape index (κ2) is 7.92. The molecule has 0 saturated heterocycles. The van der Waals surface area contributed by atoms with Crippen molar-refractivity contribution in [1.82, 2.24) is 0 Å². The predicted molar refractivity (Wildman–Crippen MR) is 107 cm³/mol. The number of nitrogens with zero attached hydrogens (tertiary/aromatic N) is 1. The van der Waals surface area contributed by atoms with Gasteiger partial charge in [-0.1, -0.05) is 6.07 Å². The molecule has 0 radical (unpaired) electrons. The maximum atomic E-state index is 12.9. The molecule has 0 aliphatic carbocycles. The Hall–Kier alpha value is -2.78. The van der Waals surface area contributed by atoms with Crippen molar-refractivity contribution in [3.8, 4) is 11.5 Å². The highest BCUT2D eigenvalue weighted by molar-refractivity contribution is 7.92. The number of anilines is 2. The van der Waals surface area contributed by atoms with Gasteiger partial charge >= 0.3 is 0 Å². The molecule has 4 rings (SSSR count). The van der Waals surface area contributed by atoms with Crippen LogP contribution in [0.15, 0.2) is 41.3 Å². The highest BCUT2D eigenvalue weighted by Gasteiger charge is 2.24. The fraction of sp³-hybridized carbons (Fsp3) is 0.350. The highest BCUT2D eigenvalue weighted by Crippen LogP contribution is 2.34. The van der Waals surface area contributed by atoms with Crippen molar-refractivity contribution in [3.63, 3.8) is 0 Å². The first kappa shape index (κ1) is 19.5. The van der Waals surface area contributed by atoms with Crippen LogP contribution in [0, 0.1) is 0 Å². The number of amides is 1. The summed E-state index contributed by atoms with van der Waals surface area (Å²) in [5.41, 5.74) is 2.10. The number of aryl methyl sites for hydroxylation is 1. The summed E-state index contributed by atoms with van der Waals surface area (Å²) >= 11 is 0. The van der Waals surface area contributed by atoms with E-state index < -0.39 is 10.0 Å². The maximum Gasteiger partial charge on any atom is 0.262 e. The van der Waals surface area contributed by atoms with Crippen LogP contribution >= 0.6 is 0 Å². The third kappa shape index (κ3) is 4.01. The minimum atomic E-state index is -3.83. The first-order chi connectivity index (χ1) is 14.0. The van der Waals surface area contributed by atoms with Gasteiger partial charge in [0.1, 0.15) is 19.8 Å². The maximum absolute atomic E-state index is 12.9. The number of ether oxygens (including phenoxy) is 3. The summed E-state index contributed by atoms with van der Waals surface area (Å²) in [6.07, 6.45) is 1.69. The Morgan fingerprint density at radius 3 is 2.72 bits per heavy atom. The molecular weight excluding hydrogens is 396 g/mol. The van der Waals surface area contributed by atoms with Gasteiger partial charge in [-0.25, -0.2) is 8.42 Å². The first-order valence-corrected chi connectivity index (χ1v) is 10.8. The van der Waals surface area contributed by atoms with Crippen molar-refractivity contribution in [2.24, 2.45) is 0 Å². The number of carbonyl (C=O) groups is 1. The largest absolute Gasteiger partial charge is 0.486 e. The van der Waals surface area contributed by atoms with E-state index in [1.54, 1.807) is 23.1 Å². The number of nitrogens with one attached hydrogen (secondary N) is 1. The van der Waals surface area contributed by atoms with Gasteiger partial charge in [0.05, 0.1) is 10.6 Å². The van der Waals surface area contributed by atoms with E-state index in [0.29, 0.717) is 42.6 Å². The molecule has 2 aromatic carbocycles. The average molecular weight is 418 g/mol. The van der Waals surface area contributed by atoms with Crippen LogP contribution in [0.5, 0.6) is 11.5 Å². The molecule has 0 saturated carbocycles. The molecule has 0 bridgehead atoms. The van der Waals surface area contributed by atoms with Crippen LogP contribution in [0.4, 0.5) is 11.4 Å². The molecule has 2 heterocycles. The van der Waals surface area contributed by atoms with E-state index in [1.807, 2.05) is 6.07 Å². The van der Waals surface area contributed by atoms with E-state index in [-0.39, 0.29) is 17.4 Å². The zero-order valence-electron chi connectivity index (χ0n) is 16.0. The van der Waals surface area contributed by atoms with Crippen LogP contribution in [-0.4, -0.2) is 47.8 Å². The van der Waals surface area contributed by atoms with Crippen LogP contribution in [0.1, 0.15) is 12.0 Å². The predicted octanol–water partition coefficient (Wildman–Crippen LogP) is 2.18. The molecule has 0 aromatic heterocycles. The number of hydrogen-bond donors (Lipinski definition) is 1. The van der Waals surface area contributed by atoms with Crippen molar-refractivity contribution >= 4 is 27.3 Å². The van der Waals surface area contributed by atoms with E-state index >= 15 is 0 Å². The van der Waals surface area contributed by atoms with Crippen molar-refractivity contribution < 1.29 is 27.4 Å². The number of sulfonamides is 1. The van der Waals surface area contributed by atoms with Gasteiger partial charge in [0.2, 0.25) is 0 Å². The number of hydrogen-bond acceptors (Lipinski definition) is 6. The summed E-state index contributed by atoms with van der Waals surface area (Å²) < 4.78 is 44.2. The third-order valence-corrected chi connectivity index (χ3v) is 6.23. The minimum absolute atomic E-state index is 0.0212. The van der Waals surface area contributed by atoms with Gasteiger partial charge in [0.25, 0.3) is 15.9 Å². The molecule has 2 aliphatic rings. The van der Waals surface area contributed by atoms with Crippen molar-refractivity contribution in [2.75, 3.05) is 43.1 Å². The fourth-order valence-electron chi connectivity index (χ4n) is 3.50. The molecule has 0 atom stereocenters. The Labute approximate surface area is 169 Å². The highest BCUT2D eigenvalue weighted by atomic mass is 32.2. The Morgan fingerprint density at radius 2 is 1.93 bits per heavy atom. The zero-order chi connectivity index (χ0) is 20.4.